The van der Waals surface area contributed by atoms with Crippen LogP contribution in [0.1, 0.15) is 27.3 Å². The largest absolute Gasteiger partial charge is 0.497 e. The molecular formula is C21H21N3O2. The molecule has 0 fully saturated rings. The summed E-state index contributed by atoms with van der Waals surface area (Å²) in [5.74, 6) is 0.738. The molecule has 5 nitrogen and oxygen atoms in total. The number of hydrogen-bond donors (Lipinski definition) is 0. The van der Waals surface area contributed by atoms with Gasteiger partial charge in [0.05, 0.1) is 12.8 Å². The zero-order valence-electron chi connectivity index (χ0n) is 15.0. The van der Waals surface area contributed by atoms with E-state index in [-0.39, 0.29) is 5.91 Å². The molecule has 1 aromatic heterocycles. The maximum absolute atomic E-state index is 13.0. The molecule has 0 spiro atoms. The smallest absolute Gasteiger partial charge is 0.274 e. The summed E-state index contributed by atoms with van der Waals surface area (Å²) in [5.41, 5.74) is 4.82. The second kappa shape index (κ2) is 6.67. The quantitative estimate of drug-likeness (QED) is 0.730. The second-order valence-corrected chi connectivity index (χ2v) is 6.53. The van der Waals surface area contributed by atoms with E-state index in [9.17, 15) is 4.79 Å². The van der Waals surface area contributed by atoms with Gasteiger partial charge in [0.1, 0.15) is 5.75 Å². The highest BCUT2D eigenvalue weighted by molar-refractivity contribution is 5.92. The molecular weight excluding hydrogens is 326 g/mol. The number of amides is 1. The van der Waals surface area contributed by atoms with Gasteiger partial charge in [0.2, 0.25) is 0 Å². The van der Waals surface area contributed by atoms with E-state index in [2.05, 4.69) is 23.3 Å². The van der Waals surface area contributed by atoms with Crippen molar-refractivity contribution in [2.24, 2.45) is 0 Å². The number of carbonyl (C=O) groups is 1. The van der Waals surface area contributed by atoms with E-state index >= 15 is 0 Å². The lowest BCUT2D eigenvalue weighted by Gasteiger charge is -2.28. The van der Waals surface area contributed by atoms with Crippen LogP contribution < -0.4 is 4.74 Å². The molecule has 3 aromatic rings. The molecule has 2 aromatic carbocycles. The van der Waals surface area contributed by atoms with Crippen molar-refractivity contribution in [2.75, 3.05) is 13.7 Å². The van der Waals surface area contributed by atoms with E-state index in [0.29, 0.717) is 12.2 Å². The van der Waals surface area contributed by atoms with E-state index in [0.717, 1.165) is 30.1 Å². The Kier molecular flexibility index (Phi) is 4.21. The molecule has 0 atom stereocenters. The fraction of sp³-hybridized carbons (Fsp3) is 0.238. The van der Waals surface area contributed by atoms with Gasteiger partial charge in [-0.15, -0.1) is 0 Å². The number of aryl methyl sites for hydroxylation is 1. The van der Waals surface area contributed by atoms with Crippen molar-refractivity contribution in [1.29, 1.82) is 0 Å². The minimum absolute atomic E-state index is 0.0238. The Bertz CT molecular complexity index is 961. The van der Waals surface area contributed by atoms with Gasteiger partial charge in [0.15, 0.2) is 5.69 Å². The number of carbonyl (C=O) groups excluding carboxylic acids is 1. The standard InChI is InChI=1S/C21H21N3O2/c1-15-12-20(22-24(15)18-8-5-9-19(13-18)26-2)21(25)23-11-10-16-6-3-4-7-17(16)14-23/h3-9,12-13H,10-11,14H2,1-2H3. The van der Waals surface area contributed by atoms with Crippen LogP contribution in [-0.4, -0.2) is 34.2 Å². The summed E-state index contributed by atoms with van der Waals surface area (Å²) in [6.07, 6.45) is 0.886. The molecule has 1 aliphatic rings. The molecule has 0 bridgehead atoms. The number of hydrogen-bond acceptors (Lipinski definition) is 3. The molecule has 2 heterocycles. The maximum atomic E-state index is 13.0. The molecule has 1 aliphatic heterocycles. The highest BCUT2D eigenvalue weighted by Gasteiger charge is 2.24. The fourth-order valence-corrected chi connectivity index (χ4v) is 3.41. The lowest BCUT2D eigenvalue weighted by atomic mass is 10.00. The van der Waals surface area contributed by atoms with Gasteiger partial charge in [-0.25, -0.2) is 4.68 Å². The first-order valence-corrected chi connectivity index (χ1v) is 8.73. The number of aromatic nitrogens is 2. The monoisotopic (exact) mass is 347 g/mol. The van der Waals surface area contributed by atoms with Crippen molar-refractivity contribution in [3.05, 3.63) is 77.1 Å². The molecule has 0 radical (unpaired) electrons. The Morgan fingerprint density at radius 3 is 2.69 bits per heavy atom. The van der Waals surface area contributed by atoms with Crippen LogP contribution in [0.15, 0.2) is 54.6 Å². The molecule has 0 saturated carbocycles. The van der Waals surface area contributed by atoms with E-state index in [1.807, 2.05) is 48.2 Å². The molecule has 0 N–H and O–H groups in total. The lowest BCUT2D eigenvalue weighted by molar-refractivity contribution is 0.0728. The number of fused-ring (bicyclic) bond motifs is 1. The van der Waals surface area contributed by atoms with Crippen LogP contribution in [0, 0.1) is 6.92 Å². The Balaban J connectivity index is 1.60. The number of nitrogens with zero attached hydrogens (tertiary/aromatic N) is 3. The first-order valence-electron chi connectivity index (χ1n) is 8.73. The van der Waals surface area contributed by atoms with Gasteiger partial charge in [-0.3, -0.25) is 4.79 Å². The van der Waals surface area contributed by atoms with E-state index in [4.69, 9.17) is 4.74 Å². The molecule has 26 heavy (non-hydrogen) atoms. The minimum Gasteiger partial charge on any atom is -0.497 e. The lowest BCUT2D eigenvalue weighted by Crippen LogP contribution is -2.36. The van der Waals surface area contributed by atoms with Gasteiger partial charge in [0, 0.05) is 24.8 Å². The van der Waals surface area contributed by atoms with E-state index < -0.39 is 0 Å². The summed E-state index contributed by atoms with van der Waals surface area (Å²) < 4.78 is 7.07. The number of benzene rings is 2. The highest BCUT2D eigenvalue weighted by atomic mass is 16.5. The molecule has 0 unspecified atom stereocenters. The number of rotatable bonds is 3. The van der Waals surface area contributed by atoms with Gasteiger partial charge < -0.3 is 9.64 Å². The molecule has 4 rings (SSSR count). The third-order valence-corrected chi connectivity index (χ3v) is 4.82. The van der Waals surface area contributed by atoms with Gasteiger partial charge in [-0.2, -0.15) is 5.10 Å². The van der Waals surface area contributed by atoms with Crippen LogP contribution >= 0.6 is 0 Å². The van der Waals surface area contributed by atoms with Crippen LogP contribution in [0.2, 0.25) is 0 Å². The van der Waals surface area contributed by atoms with Crippen molar-refractivity contribution < 1.29 is 9.53 Å². The molecule has 132 valence electrons. The van der Waals surface area contributed by atoms with Gasteiger partial charge >= 0.3 is 0 Å². The first kappa shape index (κ1) is 16.4. The Morgan fingerprint density at radius 2 is 1.88 bits per heavy atom. The van der Waals surface area contributed by atoms with Crippen LogP contribution in [0.5, 0.6) is 5.75 Å². The van der Waals surface area contributed by atoms with Crippen LogP contribution in [0.4, 0.5) is 0 Å². The third-order valence-electron chi connectivity index (χ3n) is 4.82. The molecule has 1 amide bonds. The predicted molar refractivity (Wildman–Crippen MR) is 99.7 cm³/mol. The Labute approximate surface area is 152 Å². The zero-order chi connectivity index (χ0) is 18.1. The van der Waals surface area contributed by atoms with Crippen molar-refractivity contribution in [2.45, 2.75) is 19.9 Å². The van der Waals surface area contributed by atoms with E-state index in [1.54, 1.807) is 11.8 Å². The molecule has 5 heteroatoms. The number of ether oxygens (including phenoxy) is 1. The van der Waals surface area contributed by atoms with Gasteiger partial charge in [0.25, 0.3) is 5.91 Å². The fourth-order valence-electron chi connectivity index (χ4n) is 3.41. The van der Waals surface area contributed by atoms with Crippen molar-refractivity contribution in [3.63, 3.8) is 0 Å². The normalized spacial score (nSPS) is 13.4. The van der Waals surface area contributed by atoms with Crippen LogP contribution in [0.3, 0.4) is 0 Å². The van der Waals surface area contributed by atoms with Crippen LogP contribution in [-0.2, 0) is 13.0 Å². The third kappa shape index (κ3) is 2.96. The van der Waals surface area contributed by atoms with Crippen molar-refractivity contribution in [1.82, 2.24) is 14.7 Å². The SMILES string of the molecule is COc1cccc(-n2nc(C(=O)N3CCc4ccccc4C3)cc2C)c1. The average Bonchev–Trinajstić information content (AvgIpc) is 3.08. The van der Waals surface area contributed by atoms with Crippen molar-refractivity contribution >= 4 is 5.91 Å². The predicted octanol–water partition coefficient (Wildman–Crippen LogP) is 3.39. The first-order chi connectivity index (χ1) is 12.7. The van der Waals surface area contributed by atoms with Gasteiger partial charge in [-0.1, -0.05) is 30.3 Å². The highest BCUT2D eigenvalue weighted by Crippen LogP contribution is 2.22. The minimum atomic E-state index is -0.0238. The molecule has 0 saturated heterocycles. The zero-order valence-corrected chi connectivity index (χ0v) is 15.0. The van der Waals surface area contributed by atoms with Gasteiger partial charge in [-0.05, 0) is 42.7 Å². The summed E-state index contributed by atoms with van der Waals surface area (Å²) in [4.78, 5) is 14.8. The molecule has 0 aliphatic carbocycles. The average molecular weight is 347 g/mol. The topological polar surface area (TPSA) is 47.4 Å². The summed E-state index contributed by atoms with van der Waals surface area (Å²) in [6.45, 7) is 3.32. The summed E-state index contributed by atoms with van der Waals surface area (Å²) in [7, 11) is 1.64. The summed E-state index contributed by atoms with van der Waals surface area (Å²) in [5, 5.41) is 4.56. The second-order valence-electron chi connectivity index (χ2n) is 6.53. The Morgan fingerprint density at radius 1 is 1.08 bits per heavy atom. The maximum Gasteiger partial charge on any atom is 0.274 e. The van der Waals surface area contributed by atoms with Crippen molar-refractivity contribution in [3.8, 4) is 11.4 Å². The summed E-state index contributed by atoms with van der Waals surface area (Å²) in [6, 6.07) is 17.8. The Hall–Kier alpha value is -3.08. The summed E-state index contributed by atoms with van der Waals surface area (Å²) >= 11 is 0. The van der Waals surface area contributed by atoms with E-state index in [1.165, 1.54) is 11.1 Å². The van der Waals surface area contributed by atoms with Crippen LogP contribution in [0.25, 0.3) is 5.69 Å². The number of methoxy groups -OCH3 is 1.